The van der Waals surface area contributed by atoms with Crippen molar-refractivity contribution < 1.29 is 0 Å². The summed E-state index contributed by atoms with van der Waals surface area (Å²) in [5.74, 6) is 0.597. The summed E-state index contributed by atoms with van der Waals surface area (Å²) in [7, 11) is 0. The molecule has 5 nitrogen and oxygen atoms in total. The highest BCUT2D eigenvalue weighted by Crippen LogP contribution is 2.15. The summed E-state index contributed by atoms with van der Waals surface area (Å²) in [5, 5.41) is 4.24. The highest BCUT2D eigenvalue weighted by Gasteiger charge is 2.10. The number of aromatic nitrogens is 4. The Morgan fingerprint density at radius 1 is 1.44 bits per heavy atom. The second-order valence-electron chi connectivity index (χ2n) is 4.02. The van der Waals surface area contributed by atoms with Gasteiger partial charge < -0.3 is 4.98 Å². The Balaban J connectivity index is 2.43. The summed E-state index contributed by atoms with van der Waals surface area (Å²) in [5.41, 5.74) is 1.60. The number of hydrogen-bond acceptors (Lipinski definition) is 3. The summed E-state index contributed by atoms with van der Waals surface area (Å²) in [6.45, 7) is 4.96. The van der Waals surface area contributed by atoms with E-state index in [-0.39, 0.29) is 5.56 Å². The van der Waals surface area contributed by atoms with E-state index in [1.807, 2.05) is 40.4 Å². The molecule has 0 atom stereocenters. The average molecular weight is 358 g/mol. The van der Waals surface area contributed by atoms with Gasteiger partial charge in [-0.25, -0.2) is 4.98 Å². The van der Waals surface area contributed by atoms with Crippen LogP contribution < -0.4 is 5.56 Å². The average Bonchev–Trinajstić information content (AvgIpc) is 2.81. The summed E-state index contributed by atoms with van der Waals surface area (Å²) >= 11 is 2.03. The van der Waals surface area contributed by atoms with Crippen molar-refractivity contribution in [3.8, 4) is 11.4 Å². The van der Waals surface area contributed by atoms with Gasteiger partial charge in [0.25, 0.3) is 5.56 Å². The van der Waals surface area contributed by atoms with Gasteiger partial charge in [0.1, 0.15) is 5.82 Å². The number of halogens is 1. The summed E-state index contributed by atoms with van der Waals surface area (Å²) < 4.78 is 2.53. The first-order valence-corrected chi connectivity index (χ1v) is 7.05. The minimum absolute atomic E-state index is 0.0827. The van der Waals surface area contributed by atoms with E-state index in [1.54, 1.807) is 6.20 Å². The lowest BCUT2D eigenvalue weighted by molar-refractivity contribution is 0.603. The normalized spacial score (nSPS) is 10.8. The third kappa shape index (κ3) is 2.63. The smallest absolute Gasteiger partial charge is 0.264 e. The molecule has 0 aromatic carbocycles. The van der Waals surface area contributed by atoms with Crippen LogP contribution in [0.15, 0.2) is 17.2 Å². The van der Waals surface area contributed by atoms with Gasteiger partial charge >= 0.3 is 0 Å². The quantitative estimate of drug-likeness (QED) is 0.853. The molecule has 2 aromatic rings. The number of H-pyrrole nitrogens is 1. The van der Waals surface area contributed by atoms with Crippen LogP contribution in [-0.2, 0) is 13.0 Å². The van der Waals surface area contributed by atoms with Gasteiger partial charge in [-0.15, -0.1) is 0 Å². The number of nitrogens with one attached hydrogen (secondary N) is 1. The Labute approximate surface area is 119 Å². The molecule has 18 heavy (non-hydrogen) atoms. The summed E-state index contributed by atoms with van der Waals surface area (Å²) in [6.07, 6.45) is 5.42. The third-order valence-corrected chi connectivity index (χ3v) is 3.74. The number of aromatic amines is 1. The van der Waals surface area contributed by atoms with Gasteiger partial charge in [0.2, 0.25) is 0 Å². The molecule has 0 saturated carbocycles. The van der Waals surface area contributed by atoms with Crippen molar-refractivity contribution in [3.05, 3.63) is 32.0 Å². The number of nitrogens with zero attached hydrogens (tertiary/aromatic N) is 3. The molecule has 0 spiro atoms. The van der Waals surface area contributed by atoms with Gasteiger partial charge in [-0.1, -0.05) is 13.8 Å². The van der Waals surface area contributed by atoms with Crippen LogP contribution in [0.3, 0.4) is 0 Å². The Morgan fingerprint density at radius 3 is 2.89 bits per heavy atom. The molecule has 1 N–H and O–H groups in total. The van der Waals surface area contributed by atoms with Crippen molar-refractivity contribution in [1.82, 2.24) is 19.7 Å². The van der Waals surface area contributed by atoms with Crippen molar-refractivity contribution in [2.45, 2.75) is 33.2 Å². The van der Waals surface area contributed by atoms with Crippen LogP contribution >= 0.6 is 22.6 Å². The van der Waals surface area contributed by atoms with Gasteiger partial charge in [0.15, 0.2) is 0 Å². The standard InChI is InChI=1S/C12H15IN4O/c1-3-5-17-7-8(6-14-17)11-15-9(4-2)10(13)12(18)16-11/h6-7H,3-5H2,1-2H3,(H,15,16,18). The van der Waals surface area contributed by atoms with Crippen molar-refractivity contribution >= 4 is 22.6 Å². The predicted molar refractivity (Wildman–Crippen MR) is 78.5 cm³/mol. The Kier molecular flexibility index (Phi) is 4.15. The van der Waals surface area contributed by atoms with Crippen LogP contribution in [0, 0.1) is 3.57 Å². The Morgan fingerprint density at radius 2 is 2.22 bits per heavy atom. The van der Waals surface area contributed by atoms with Crippen LogP contribution in [0.5, 0.6) is 0 Å². The first-order valence-electron chi connectivity index (χ1n) is 5.97. The monoisotopic (exact) mass is 358 g/mol. The van der Waals surface area contributed by atoms with Crippen molar-refractivity contribution in [1.29, 1.82) is 0 Å². The molecule has 0 aliphatic carbocycles. The zero-order valence-corrected chi connectivity index (χ0v) is 12.6. The van der Waals surface area contributed by atoms with E-state index in [4.69, 9.17) is 0 Å². The molecular weight excluding hydrogens is 343 g/mol. The van der Waals surface area contributed by atoms with E-state index in [0.29, 0.717) is 9.39 Å². The molecule has 2 aromatic heterocycles. The van der Waals surface area contributed by atoms with Gasteiger partial charge in [-0.3, -0.25) is 9.48 Å². The molecule has 96 valence electrons. The van der Waals surface area contributed by atoms with Crippen LogP contribution in [0.4, 0.5) is 0 Å². The van der Waals surface area contributed by atoms with Gasteiger partial charge in [0.05, 0.1) is 21.0 Å². The fraction of sp³-hybridized carbons (Fsp3) is 0.417. The van der Waals surface area contributed by atoms with Crippen LogP contribution in [0.2, 0.25) is 0 Å². The minimum atomic E-state index is -0.0827. The molecule has 0 aliphatic rings. The maximum atomic E-state index is 11.8. The van der Waals surface area contributed by atoms with Crippen molar-refractivity contribution in [2.24, 2.45) is 0 Å². The second-order valence-corrected chi connectivity index (χ2v) is 5.10. The first kappa shape index (κ1) is 13.3. The van der Waals surface area contributed by atoms with E-state index in [1.165, 1.54) is 0 Å². The van der Waals surface area contributed by atoms with Gasteiger partial charge in [-0.05, 0) is 35.4 Å². The maximum Gasteiger partial charge on any atom is 0.264 e. The van der Waals surface area contributed by atoms with Crippen LogP contribution in [-0.4, -0.2) is 19.7 Å². The highest BCUT2D eigenvalue weighted by molar-refractivity contribution is 14.1. The number of aryl methyl sites for hydroxylation is 2. The molecule has 0 unspecified atom stereocenters. The third-order valence-electron chi connectivity index (χ3n) is 2.63. The van der Waals surface area contributed by atoms with E-state index in [9.17, 15) is 4.79 Å². The van der Waals surface area contributed by atoms with Crippen molar-refractivity contribution in [2.75, 3.05) is 0 Å². The fourth-order valence-corrected chi connectivity index (χ4v) is 2.35. The molecule has 6 heteroatoms. The molecule has 0 fully saturated rings. The Bertz CT molecular complexity index is 602. The summed E-state index contributed by atoms with van der Waals surface area (Å²) in [6, 6.07) is 0. The lowest BCUT2D eigenvalue weighted by atomic mass is 10.3. The molecule has 2 heterocycles. The highest BCUT2D eigenvalue weighted by atomic mass is 127. The zero-order valence-electron chi connectivity index (χ0n) is 10.4. The van der Waals surface area contributed by atoms with E-state index >= 15 is 0 Å². The molecule has 0 amide bonds. The second kappa shape index (κ2) is 5.64. The first-order chi connectivity index (χ1) is 8.65. The largest absolute Gasteiger partial charge is 0.306 e. The van der Waals surface area contributed by atoms with Gasteiger partial charge in [0, 0.05) is 12.7 Å². The zero-order chi connectivity index (χ0) is 13.1. The maximum absolute atomic E-state index is 11.8. The lowest BCUT2D eigenvalue weighted by Crippen LogP contribution is -2.15. The predicted octanol–water partition coefficient (Wildman–Crippen LogP) is 2.21. The molecule has 0 saturated heterocycles. The van der Waals surface area contributed by atoms with E-state index < -0.39 is 0 Å². The van der Waals surface area contributed by atoms with E-state index in [2.05, 4.69) is 22.0 Å². The molecule has 2 rings (SSSR count). The topological polar surface area (TPSA) is 63.6 Å². The number of rotatable bonds is 4. The molecule has 0 aliphatic heterocycles. The Hall–Kier alpha value is -1.18. The molecule has 0 bridgehead atoms. The number of hydrogen-bond donors (Lipinski definition) is 1. The van der Waals surface area contributed by atoms with Gasteiger partial charge in [-0.2, -0.15) is 5.10 Å². The summed E-state index contributed by atoms with van der Waals surface area (Å²) in [4.78, 5) is 19.1. The van der Waals surface area contributed by atoms with Crippen LogP contribution in [0.1, 0.15) is 26.0 Å². The minimum Gasteiger partial charge on any atom is -0.306 e. The fourth-order valence-electron chi connectivity index (χ4n) is 1.71. The molecule has 0 radical (unpaired) electrons. The van der Waals surface area contributed by atoms with E-state index in [0.717, 1.165) is 30.6 Å². The van der Waals surface area contributed by atoms with Crippen LogP contribution in [0.25, 0.3) is 11.4 Å². The SMILES string of the molecule is CCCn1cc(-c2nc(CC)c(I)c(=O)[nH]2)cn1. The van der Waals surface area contributed by atoms with Crippen molar-refractivity contribution in [3.63, 3.8) is 0 Å². The molecular formula is C12H15IN4O. The lowest BCUT2D eigenvalue weighted by Gasteiger charge is -2.02.